The molecule has 0 fully saturated rings. The summed E-state index contributed by atoms with van der Waals surface area (Å²) in [6, 6.07) is 5.43. The van der Waals surface area contributed by atoms with E-state index in [1.165, 1.54) is 31.4 Å². The number of nitrogens with one attached hydrogen (secondary N) is 1. The number of aromatic carboxylic acids is 1. The molecule has 2 rings (SSSR count). The molecule has 0 saturated heterocycles. The van der Waals surface area contributed by atoms with E-state index in [4.69, 9.17) is 9.52 Å². The molecule has 0 aliphatic rings. The fourth-order valence-corrected chi connectivity index (χ4v) is 2.10. The maximum atomic E-state index is 10.9. The van der Waals surface area contributed by atoms with E-state index in [-0.39, 0.29) is 11.6 Å². The van der Waals surface area contributed by atoms with Crippen LogP contribution in [0.3, 0.4) is 0 Å². The van der Waals surface area contributed by atoms with Crippen LogP contribution in [0.25, 0.3) is 11.1 Å². The van der Waals surface area contributed by atoms with Crippen LogP contribution in [0.15, 0.2) is 22.6 Å². The summed E-state index contributed by atoms with van der Waals surface area (Å²) < 4.78 is 5.55. The predicted octanol–water partition coefficient (Wildman–Crippen LogP) is 3.91. The minimum Gasteiger partial charge on any atom is -0.478 e. The van der Waals surface area contributed by atoms with E-state index in [1.807, 2.05) is 0 Å². The Bertz CT molecular complexity index is 592. The molecule has 0 aliphatic heterocycles. The molecule has 2 N–H and O–H groups in total. The molecule has 0 radical (unpaired) electrons. The van der Waals surface area contributed by atoms with Gasteiger partial charge in [0.25, 0.3) is 6.01 Å². The Morgan fingerprint density at radius 2 is 2.25 bits per heavy atom. The second-order valence-corrected chi connectivity index (χ2v) is 5.05. The molecule has 0 aliphatic carbocycles. The van der Waals surface area contributed by atoms with Crippen LogP contribution >= 0.6 is 0 Å². The zero-order valence-corrected chi connectivity index (χ0v) is 11.8. The molecule has 20 heavy (non-hydrogen) atoms. The lowest BCUT2D eigenvalue weighted by Crippen LogP contribution is -2.14. The highest BCUT2D eigenvalue weighted by Gasteiger charge is 2.11. The van der Waals surface area contributed by atoms with Crippen molar-refractivity contribution in [1.82, 2.24) is 4.98 Å². The van der Waals surface area contributed by atoms with Gasteiger partial charge in [-0.3, -0.25) is 0 Å². The lowest BCUT2D eigenvalue weighted by Gasteiger charge is -2.10. The van der Waals surface area contributed by atoms with Crippen molar-refractivity contribution >= 4 is 23.1 Å². The molecule has 1 atom stereocenters. The van der Waals surface area contributed by atoms with E-state index in [9.17, 15) is 4.79 Å². The van der Waals surface area contributed by atoms with Crippen molar-refractivity contribution in [2.75, 3.05) is 5.32 Å². The molecular weight excluding hydrogens is 256 g/mol. The number of anilines is 1. The largest absolute Gasteiger partial charge is 0.478 e. The molecule has 0 saturated carbocycles. The Morgan fingerprint density at radius 1 is 1.45 bits per heavy atom. The van der Waals surface area contributed by atoms with Gasteiger partial charge >= 0.3 is 5.97 Å². The smallest absolute Gasteiger partial charge is 0.335 e. The topological polar surface area (TPSA) is 75.4 Å². The van der Waals surface area contributed by atoms with Crippen LogP contribution < -0.4 is 5.32 Å². The Kier molecular flexibility index (Phi) is 4.61. The van der Waals surface area contributed by atoms with Crippen LogP contribution in [0.2, 0.25) is 0 Å². The number of carboxylic acids is 1. The number of fused-ring (bicyclic) bond motifs is 1. The standard InChI is InChI=1S/C15H20N2O3/c1-3-4-5-6-10(2)16-15-17-12-8-7-11(14(18)19)9-13(12)20-15/h7-10H,3-6H2,1-2H3,(H,16,17)(H,18,19). The molecule has 5 heteroatoms. The number of aromatic nitrogens is 1. The van der Waals surface area contributed by atoms with Gasteiger partial charge in [-0.25, -0.2) is 4.79 Å². The first-order valence-corrected chi connectivity index (χ1v) is 7.00. The molecule has 0 amide bonds. The summed E-state index contributed by atoms with van der Waals surface area (Å²) in [4.78, 5) is 15.2. The van der Waals surface area contributed by atoms with Gasteiger partial charge in [0.15, 0.2) is 5.58 Å². The highest BCUT2D eigenvalue weighted by molar-refractivity contribution is 5.92. The van der Waals surface area contributed by atoms with Crippen LogP contribution in [0.5, 0.6) is 0 Å². The van der Waals surface area contributed by atoms with E-state index in [1.54, 1.807) is 6.07 Å². The summed E-state index contributed by atoms with van der Waals surface area (Å²) in [7, 11) is 0. The van der Waals surface area contributed by atoms with Crippen LogP contribution in [-0.4, -0.2) is 22.1 Å². The fraction of sp³-hybridized carbons (Fsp3) is 0.467. The van der Waals surface area contributed by atoms with Crippen LogP contribution in [0.4, 0.5) is 6.01 Å². The Labute approximate surface area is 118 Å². The van der Waals surface area contributed by atoms with E-state index >= 15 is 0 Å². The van der Waals surface area contributed by atoms with Gasteiger partial charge in [-0.15, -0.1) is 0 Å². The van der Waals surface area contributed by atoms with Crippen LogP contribution in [-0.2, 0) is 0 Å². The van der Waals surface area contributed by atoms with E-state index in [0.29, 0.717) is 17.1 Å². The maximum Gasteiger partial charge on any atom is 0.335 e. The summed E-state index contributed by atoms with van der Waals surface area (Å²) in [5.41, 5.74) is 1.36. The Balaban J connectivity index is 2.05. The van der Waals surface area contributed by atoms with Crippen molar-refractivity contribution in [3.05, 3.63) is 23.8 Å². The van der Waals surface area contributed by atoms with Crippen molar-refractivity contribution in [1.29, 1.82) is 0 Å². The summed E-state index contributed by atoms with van der Waals surface area (Å²) >= 11 is 0. The molecule has 2 aromatic rings. The fourth-order valence-electron chi connectivity index (χ4n) is 2.10. The number of carboxylic acid groups (broad SMARTS) is 1. The molecule has 0 bridgehead atoms. The van der Waals surface area contributed by atoms with Crippen molar-refractivity contribution in [3.8, 4) is 0 Å². The maximum absolute atomic E-state index is 10.9. The van der Waals surface area contributed by atoms with Gasteiger partial charge in [-0.2, -0.15) is 4.98 Å². The minimum atomic E-state index is -0.967. The van der Waals surface area contributed by atoms with Crippen LogP contribution in [0.1, 0.15) is 49.9 Å². The third kappa shape index (κ3) is 3.50. The van der Waals surface area contributed by atoms with Gasteiger partial charge in [0, 0.05) is 6.04 Å². The van der Waals surface area contributed by atoms with Gasteiger partial charge < -0.3 is 14.8 Å². The minimum absolute atomic E-state index is 0.205. The summed E-state index contributed by atoms with van der Waals surface area (Å²) in [6.45, 7) is 4.27. The number of oxazole rings is 1. The van der Waals surface area contributed by atoms with Crippen molar-refractivity contribution in [2.24, 2.45) is 0 Å². The van der Waals surface area contributed by atoms with E-state index < -0.39 is 5.97 Å². The molecule has 5 nitrogen and oxygen atoms in total. The zero-order valence-electron chi connectivity index (χ0n) is 11.8. The quantitative estimate of drug-likeness (QED) is 0.750. The molecule has 108 valence electrons. The summed E-state index contributed by atoms with van der Waals surface area (Å²) in [6.07, 6.45) is 4.66. The summed E-state index contributed by atoms with van der Waals surface area (Å²) in [5, 5.41) is 12.2. The van der Waals surface area contributed by atoms with Crippen LogP contribution in [0, 0.1) is 0 Å². The Morgan fingerprint density at radius 3 is 2.95 bits per heavy atom. The number of hydrogen-bond acceptors (Lipinski definition) is 4. The number of rotatable bonds is 7. The van der Waals surface area contributed by atoms with Gasteiger partial charge in [-0.05, 0) is 31.5 Å². The number of nitrogens with zero attached hydrogens (tertiary/aromatic N) is 1. The van der Waals surface area contributed by atoms with E-state index in [2.05, 4.69) is 24.1 Å². The second-order valence-electron chi connectivity index (χ2n) is 5.05. The van der Waals surface area contributed by atoms with Crippen molar-refractivity contribution in [3.63, 3.8) is 0 Å². The average Bonchev–Trinajstić information content (AvgIpc) is 2.79. The molecule has 1 unspecified atom stereocenters. The third-order valence-corrected chi connectivity index (χ3v) is 3.25. The number of carbonyl (C=O) groups is 1. The molecule has 1 aromatic heterocycles. The Hall–Kier alpha value is -2.04. The van der Waals surface area contributed by atoms with Crippen molar-refractivity contribution < 1.29 is 14.3 Å². The monoisotopic (exact) mass is 276 g/mol. The molecule has 1 heterocycles. The zero-order chi connectivity index (χ0) is 14.5. The highest BCUT2D eigenvalue weighted by atomic mass is 16.4. The predicted molar refractivity (Wildman–Crippen MR) is 78.2 cm³/mol. The first-order chi connectivity index (χ1) is 9.60. The number of unbranched alkanes of at least 4 members (excludes halogenated alkanes) is 2. The lowest BCUT2D eigenvalue weighted by molar-refractivity contribution is 0.0697. The first kappa shape index (κ1) is 14.4. The van der Waals surface area contributed by atoms with E-state index in [0.717, 1.165) is 6.42 Å². The number of hydrogen-bond donors (Lipinski definition) is 2. The molecule has 1 aromatic carbocycles. The SMILES string of the molecule is CCCCCC(C)Nc1nc2ccc(C(=O)O)cc2o1. The van der Waals surface area contributed by atoms with Gasteiger partial charge in [0.1, 0.15) is 5.52 Å². The third-order valence-electron chi connectivity index (χ3n) is 3.25. The van der Waals surface area contributed by atoms with Crippen molar-refractivity contribution in [2.45, 2.75) is 45.6 Å². The van der Waals surface area contributed by atoms with Gasteiger partial charge in [-0.1, -0.05) is 26.2 Å². The first-order valence-electron chi connectivity index (χ1n) is 7.00. The number of benzene rings is 1. The summed E-state index contributed by atoms with van der Waals surface area (Å²) in [5.74, 6) is -0.967. The molecule has 0 spiro atoms. The molecular formula is C15H20N2O3. The normalized spacial score (nSPS) is 12.5. The lowest BCUT2D eigenvalue weighted by atomic mass is 10.1. The van der Waals surface area contributed by atoms with Gasteiger partial charge in [0.2, 0.25) is 0 Å². The van der Waals surface area contributed by atoms with Gasteiger partial charge in [0.05, 0.1) is 5.56 Å². The highest BCUT2D eigenvalue weighted by Crippen LogP contribution is 2.21. The average molecular weight is 276 g/mol. The second kappa shape index (κ2) is 6.41.